The van der Waals surface area contributed by atoms with Crippen LogP contribution in [0.5, 0.6) is 0 Å². The molecule has 3 aromatic rings. The van der Waals surface area contributed by atoms with Gasteiger partial charge in [0.2, 0.25) is 11.8 Å². The molecule has 2 heterocycles. The van der Waals surface area contributed by atoms with Crippen molar-refractivity contribution in [1.29, 1.82) is 0 Å². The molecule has 2 atom stereocenters. The fourth-order valence-corrected chi connectivity index (χ4v) is 5.07. The van der Waals surface area contributed by atoms with Crippen molar-refractivity contribution in [2.75, 3.05) is 9.80 Å². The summed E-state index contributed by atoms with van der Waals surface area (Å²) < 4.78 is 78.0. The second kappa shape index (κ2) is 11.8. The van der Waals surface area contributed by atoms with E-state index >= 15 is 0 Å². The molecule has 3 aromatic carbocycles. The molecule has 2 N–H and O–H groups in total. The molecule has 8 nitrogen and oxygen atoms in total. The molecule has 0 aromatic heterocycles. The lowest BCUT2D eigenvalue weighted by atomic mass is 10.1. The summed E-state index contributed by atoms with van der Waals surface area (Å²) in [6.07, 6.45) is -9.48. The highest BCUT2D eigenvalue weighted by Gasteiger charge is 2.41. The van der Waals surface area contributed by atoms with Crippen molar-refractivity contribution in [2.45, 2.75) is 50.4 Å². The Morgan fingerprint density at radius 1 is 0.591 bits per heavy atom. The fraction of sp³-hybridized carbons (Fsp3) is 0.267. The van der Waals surface area contributed by atoms with Gasteiger partial charge in [0.15, 0.2) is 0 Å². The van der Waals surface area contributed by atoms with Crippen LogP contribution in [0, 0.1) is 0 Å². The van der Waals surface area contributed by atoms with E-state index in [0.717, 1.165) is 34.1 Å². The van der Waals surface area contributed by atoms with Crippen LogP contribution >= 0.6 is 0 Å². The summed E-state index contributed by atoms with van der Waals surface area (Å²) in [6.45, 7) is -0.162. The highest BCUT2D eigenvalue weighted by atomic mass is 19.4. The third kappa shape index (κ3) is 6.50. The van der Waals surface area contributed by atoms with E-state index in [1.54, 1.807) is 0 Å². The quantitative estimate of drug-likeness (QED) is 0.284. The number of amides is 4. The lowest BCUT2D eigenvalue weighted by Crippen LogP contribution is -2.39. The minimum atomic E-state index is -4.52. The zero-order valence-corrected chi connectivity index (χ0v) is 22.7. The Morgan fingerprint density at radius 3 is 1.30 bits per heavy atom. The van der Waals surface area contributed by atoms with Crippen LogP contribution in [0.25, 0.3) is 0 Å². The largest absolute Gasteiger partial charge is 0.416 e. The van der Waals surface area contributed by atoms with E-state index in [2.05, 4.69) is 10.6 Å². The number of rotatable bonds is 8. The van der Waals surface area contributed by atoms with Gasteiger partial charge in [0.05, 0.1) is 47.4 Å². The standard InChI is InChI=1S/C30H24F6N4O4/c31-29(32,33)19-5-1-3-17(11-19)15-37-23-13-25(41)39(27(23)43)21-7-9-22(10-8-21)40-26(42)14-24(28(40)44)38-16-18-4-2-6-20(12-18)30(34,35)36/h1-12,23-24,37-38H,13-16H2. The van der Waals surface area contributed by atoms with Crippen LogP contribution in [0.4, 0.5) is 37.7 Å². The molecular formula is C30H24F6N4O4. The van der Waals surface area contributed by atoms with E-state index in [1.165, 1.54) is 48.5 Å². The van der Waals surface area contributed by atoms with Gasteiger partial charge in [0.1, 0.15) is 0 Å². The molecule has 230 valence electrons. The molecule has 14 heteroatoms. The number of imide groups is 2. The zero-order chi connectivity index (χ0) is 31.8. The molecule has 0 aliphatic carbocycles. The summed E-state index contributed by atoms with van der Waals surface area (Å²) in [4.78, 5) is 53.2. The first-order chi connectivity index (χ1) is 20.7. The Bertz CT molecular complexity index is 1490. The summed E-state index contributed by atoms with van der Waals surface area (Å²) >= 11 is 0. The highest BCUT2D eigenvalue weighted by molar-refractivity contribution is 6.24. The van der Waals surface area contributed by atoms with Gasteiger partial charge in [0.25, 0.3) is 11.8 Å². The van der Waals surface area contributed by atoms with E-state index in [1.807, 2.05) is 0 Å². The van der Waals surface area contributed by atoms with Crippen molar-refractivity contribution in [3.05, 3.63) is 95.1 Å². The van der Waals surface area contributed by atoms with Gasteiger partial charge >= 0.3 is 12.4 Å². The number of nitrogens with zero attached hydrogens (tertiary/aromatic N) is 2. The maximum atomic E-state index is 13.0. The van der Waals surface area contributed by atoms with Crippen molar-refractivity contribution in [3.8, 4) is 0 Å². The Labute approximate surface area is 246 Å². The molecule has 0 saturated carbocycles. The molecule has 2 aliphatic heterocycles. The lowest BCUT2D eigenvalue weighted by Gasteiger charge is -2.19. The Balaban J connectivity index is 1.21. The van der Waals surface area contributed by atoms with Crippen molar-refractivity contribution >= 4 is 35.0 Å². The molecule has 2 unspecified atom stereocenters. The van der Waals surface area contributed by atoms with Gasteiger partial charge in [-0.15, -0.1) is 0 Å². The molecule has 5 rings (SSSR count). The average molecular weight is 619 g/mol. The number of halogens is 6. The van der Waals surface area contributed by atoms with Crippen LogP contribution in [0.1, 0.15) is 35.1 Å². The van der Waals surface area contributed by atoms with Crippen molar-refractivity contribution in [3.63, 3.8) is 0 Å². The number of hydrogen-bond acceptors (Lipinski definition) is 6. The summed E-state index contributed by atoms with van der Waals surface area (Å²) in [6, 6.07) is 12.8. The van der Waals surface area contributed by atoms with Crippen LogP contribution in [0.3, 0.4) is 0 Å². The normalized spacial score (nSPS) is 19.4. The van der Waals surface area contributed by atoms with Gasteiger partial charge in [-0.3, -0.25) is 19.2 Å². The molecule has 4 amide bonds. The number of benzene rings is 3. The number of carbonyl (C=O) groups excluding carboxylic acids is 4. The summed E-state index contributed by atoms with van der Waals surface area (Å²) in [7, 11) is 0. The number of anilines is 2. The Kier molecular flexibility index (Phi) is 8.32. The number of hydrogen-bond donors (Lipinski definition) is 2. The molecule has 2 aliphatic rings. The first kappa shape index (κ1) is 30.9. The molecule has 0 radical (unpaired) electrons. The van der Waals surface area contributed by atoms with E-state index in [4.69, 9.17) is 0 Å². The molecule has 0 bridgehead atoms. The monoisotopic (exact) mass is 618 g/mol. The van der Waals surface area contributed by atoms with Crippen molar-refractivity contribution in [2.24, 2.45) is 0 Å². The van der Waals surface area contributed by atoms with Crippen molar-refractivity contribution in [1.82, 2.24) is 10.6 Å². The number of carbonyl (C=O) groups is 4. The van der Waals surface area contributed by atoms with Crippen LogP contribution < -0.4 is 20.4 Å². The molecule has 2 saturated heterocycles. The molecule has 44 heavy (non-hydrogen) atoms. The summed E-state index contributed by atoms with van der Waals surface area (Å²) in [5.41, 5.74) is -0.757. The maximum Gasteiger partial charge on any atom is 0.416 e. The number of nitrogens with one attached hydrogen (secondary N) is 2. The maximum absolute atomic E-state index is 13.0. The van der Waals surface area contributed by atoms with Gasteiger partial charge in [-0.1, -0.05) is 36.4 Å². The third-order valence-electron chi connectivity index (χ3n) is 7.27. The van der Waals surface area contributed by atoms with Crippen molar-refractivity contribution < 1.29 is 45.5 Å². The van der Waals surface area contributed by atoms with E-state index in [-0.39, 0.29) is 48.4 Å². The van der Waals surface area contributed by atoms with E-state index in [0.29, 0.717) is 0 Å². The molecular weight excluding hydrogens is 594 g/mol. The molecule has 0 spiro atoms. The lowest BCUT2D eigenvalue weighted by molar-refractivity contribution is -0.138. The van der Waals surface area contributed by atoms with Crippen LogP contribution in [-0.2, 0) is 44.6 Å². The predicted molar refractivity (Wildman–Crippen MR) is 145 cm³/mol. The van der Waals surface area contributed by atoms with E-state index < -0.39 is 59.2 Å². The Hall–Kier alpha value is -4.56. The van der Waals surface area contributed by atoms with Gasteiger partial charge in [-0.2, -0.15) is 26.3 Å². The SMILES string of the molecule is O=C1CC(NCc2cccc(C(F)(F)F)c2)C(=O)N1c1ccc(N2C(=O)CC(NCc3cccc(C(F)(F)F)c3)C2=O)cc1. The second-order valence-electron chi connectivity index (χ2n) is 10.3. The van der Waals surface area contributed by atoms with Crippen LogP contribution in [-0.4, -0.2) is 35.7 Å². The minimum Gasteiger partial charge on any atom is -0.301 e. The number of alkyl halides is 6. The highest BCUT2D eigenvalue weighted by Crippen LogP contribution is 2.32. The van der Waals surface area contributed by atoms with Gasteiger partial charge < -0.3 is 10.6 Å². The van der Waals surface area contributed by atoms with Gasteiger partial charge in [-0.05, 0) is 47.5 Å². The topological polar surface area (TPSA) is 98.8 Å². The smallest absolute Gasteiger partial charge is 0.301 e. The van der Waals surface area contributed by atoms with Gasteiger partial charge in [0, 0.05) is 13.1 Å². The van der Waals surface area contributed by atoms with E-state index in [9.17, 15) is 45.5 Å². The third-order valence-corrected chi connectivity index (χ3v) is 7.27. The van der Waals surface area contributed by atoms with Crippen LogP contribution in [0.2, 0.25) is 0 Å². The van der Waals surface area contributed by atoms with Crippen LogP contribution in [0.15, 0.2) is 72.8 Å². The zero-order valence-electron chi connectivity index (χ0n) is 22.7. The first-order valence-electron chi connectivity index (χ1n) is 13.3. The first-order valence-corrected chi connectivity index (χ1v) is 13.3. The molecule has 2 fully saturated rings. The summed E-state index contributed by atoms with van der Waals surface area (Å²) in [5.74, 6) is -2.31. The summed E-state index contributed by atoms with van der Waals surface area (Å²) in [5, 5.41) is 5.65. The predicted octanol–water partition coefficient (Wildman–Crippen LogP) is 4.57. The fourth-order valence-electron chi connectivity index (χ4n) is 5.07. The average Bonchev–Trinajstić information content (AvgIpc) is 3.42. The second-order valence-corrected chi connectivity index (χ2v) is 10.3. The van der Waals surface area contributed by atoms with Gasteiger partial charge in [-0.25, -0.2) is 9.80 Å². The minimum absolute atomic E-state index is 0.0808. The Morgan fingerprint density at radius 2 is 0.955 bits per heavy atom.